The van der Waals surface area contributed by atoms with E-state index in [0.717, 1.165) is 42.6 Å². The number of piperazine rings is 1. The first-order valence-corrected chi connectivity index (χ1v) is 7.43. The molecule has 1 aliphatic rings. The van der Waals surface area contributed by atoms with Crippen LogP contribution >= 0.6 is 27.5 Å². The highest BCUT2D eigenvalue weighted by Crippen LogP contribution is 2.38. The topological polar surface area (TPSA) is 35.5 Å². The molecule has 0 amide bonds. The van der Waals surface area contributed by atoms with Crippen molar-refractivity contribution < 1.29 is 5.11 Å². The van der Waals surface area contributed by atoms with Gasteiger partial charge in [-0.1, -0.05) is 34.5 Å². The predicted octanol–water partition coefficient (Wildman–Crippen LogP) is 3.16. The summed E-state index contributed by atoms with van der Waals surface area (Å²) >= 11 is 9.49. The number of halogens is 2. The van der Waals surface area contributed by atoms with E-state index in [0.29, 0.717) is 5.02 Å². The maximum atomic E-state index is 10.2. The molecular weight excluding hydrogens is 316 g/mol. The molecule has 1 atom stereocenters. The lowest BCUT2D eigenvalue weighted by molar-refractivity contribution is 0.167. The van der Waals surface area contributed by atoms with Gasteiger partial charge in [0.2, 0.25) is 0 Å². The third kappa shape index (κ3) is 2.99. The number of phenols is 1. The highest BCUT2D eigenvalue weighted by molar-refractivity contribution is 9.10. The summed E-state index contributed by atoms with van der Waals surface area (Å²) in [5.41, 5.74) is 0.916. The van der Waals surface area contributed by atoms with Crippen LogP contribution in [0.25, 0.3) is 0 Å². The van der Waals surface area contributed by atoms with Crippen molar-refractivity contribution >= 4 is 27.5 Å². The number of aromatic hydroxyl groups is 1. The lowest BCUT2D eigenvalue weighted by atomic mass is 10.0. The lowest BCUT2D eigenvalue weighted by Crippen LogP contribution is -2.45. The van der Waals surface area contributed by atoms with Crippen molar-refractivity contribution in [2.24, 2.45) is 0 Å². The molecule has 0 unspecified atom stereocenters. The Kier molecular flexibility index (Phi) is 4.90. The molecule has 1 aliphatic heterocycles. The molecule has 100 valence electrons. The van der Waals surface area contributed by atoms with Crippen molar-refractivity contribution in [1.29, 1.82) is 0 Å². The first-order valence-electron chi connectivity index (χ1n) is 6.26. The Balaban J connectivity index is 2.31. The van der Waals surface area contributed by atoms with E-state index in [4.69, 9.17) is 11.6 Å². The van der Waals surface area contributed by atoms with E-state index in [1.807, 2.05) is 6.07 Å². The third-order valence-corrected chi connectivity index (χ3v) is 4.14. The largest absolute Gasteiger partial charge is 0.506 e. The number of benzene rings is 1. The number of hydrogen-bond acceptors (Lipinski definition) is 3. The molecule has 0 saturated carbocycles. The lowest BCUT2D eigenvalue weighted by Gasteiger charge is -2.35. The molecule has 0 aliphatic carbocycles. The fraction of sp³-hybridized carbons (Fsp3) is 0.538. The quantitative estimate of drug-likeness (QED) is 0.892. The minimum atomic E-state index is 0.213. The Hall–Kier alpha value is -0.290. The second-order valence-corrected chi connectivity index (χ2v) is 5.86. The maximum Gasteiger partial charge on any atom is 0.139 e. The predicted molar refractivity (Wildman–Crippen MR) is 78.3 cm³/mol. The molecule has 3 nitrogen and oxygen atoms in total. The van der Waals surface area contributed by atoms with Crippen molar-refractivity contribution in [2.75, 3.05) is 26.2 Å². The summed E-state index contributed by atoms with van der Waals surface area (Å²) in [4.78, 5) is 2.40. The van der Waals surface area contributed by atoms with Gasteiger partial charge >= 0.3 is 0 Å². The molecule has 2 rings (SSSR count). The zero-order chi connectivity index (χ0) is 13.1. The number of phenolic OH excluding ortho intramolecular Hbond substituents is 1. The Bertz CT molecular complexity index is 422. The van der Waals surface area contributed by atoms with Crippen LogP contribution in [0, 0.1) is 0 Å². The van der Waals surface area contributed by atoms with E-state index in [9.17, 15) is 5.11 Å². The smallest absolute Gasteiger partial charge is 0.139 e. The Morgan fingerprint density at radius 3 is 2.72 bits per heavy atom. The second kappa shape index (κ2) is 6.24. The molecule has 1 saturated heterocycles. The molecule has 0 radical (unpaired) electrons. The summed E-state index contributed by atoms with van der Waals surface area (Å²) in [6, 6.07) is 3.92. The van der Waals surface area contributed by atoms with Gasteiger partial charge in [-0.2, -0.15) is 0 Å². The van der Waals surface area contributed by atoms with Gasteiger partial charge in [0, 0.05) is 42.3 Å². The van der Waals surface area contributed by atoms with Crippen molar-refractivity contribution in [2.45, 2.75) is 19.4 Å². The van der Waals surface area contributed by atoms with Gasteiger partial charge in [0.05, 0.1) is 5.02 Å². The summed E-state index contributed by atoms with van der Waals surface area (Å²) in [6.45, 7) is 6.14. The van der Waals surface area contributed by atoms with Crippen LogP contribution in [0.5, 0.6) is 5.75 Å². The van der Waals surface area contributed by atoms with Crippen LogP contribution in [0.3, 0.4) is 0 Å². The average molecular weight is 334 g/mol. The van der Waals surface area contributed by atoms with Crippen LogP contribution in [0.2, 0.25) is 5.02 Å². The molecular formula is C13H18BrClN2O. The van der Waals surface area contributed by atoms with Gasteiger partial charge in [-0.3, -0.25) is 4.90 Å². The highest BCUT2D eigenvalue weighted by atomic mass is 79.9. The van der Waals surface area contributed by atoms with Gasteiger partial charge in [0.1, 0.15) is 5.75 Å². The molecule has 0 spiro atoms. The summed E-state index contributed by atoms with van der Waals surface area (Å²) in [5, 5.41) is 13.9. The molecule has 1 aromatic carbocycles. The van der Waals surface area contributed by atoms with E-state index in [1.54, 1.807) is 6.07 Å². The normalized spacial score (nSPS) is 18.8. The monoisotopic (exact) mass is 332 g/mol. The van der Waals surface area contributed by atoms with Crippen LogP contribution < -0.4 is 5.32 Å². The second-order valence-electron chi connectivity index (χ2n) is 4.54. The van der Waals surface area contributed by atoms with E-state index in [-0.39, 0.29) is 11.8 Å². The van der Waals surface area contributed by atoms with Crippen LogP contribution in [-0.2, 0) is 0 Å². The zero-order valence-corrected chi connectivity index (χ0v) is 12.8. The fourth-order valence-corrected chi connectivity index (χ4v) is 3.34. The third-order valence-electron chi connectivity index (χ3n) is 3.40. The Labute approximate surface area is 121 Å². The first kappa shape index (κ1) is 14.1. The van der Waals surface area contributed by atoms with Gasteiger partial charge in [0.25, 0.3) is 0 Å². The molecule has 2 N–H and O–H groups in total. The SMILES string of the molecule is CC[C@H](c1cc(Br)cc(Cl)c1O)N1CCNCC1. The number of nitrogens with one attached hydrogen (secondary N) is 1. The number of hydrogen-bond donors (Lipinski definition) is 2. The van der Waals surface area contributed by atoms with Gasteiger partial charge in [-0.25, -0.2) is 0 Å². The van der Waals surface area contributed by atoms with E-state index < -0.39 is 0 Å². The van der Waals surface area contributed by atoms with Crippen molar-refractivity contribution in [3.8, 4) is 5.75 Å². The van der Waals surface area contributed by atoms with Crippen LogP contribution in [0.15, 0.2) is 16.6 Å². The van der Waals surface area contributed by atoms with Crippen molar-refractivity contribution in [3.05, 3.63) is 27.2 Å². The van der Waals surface area contributed by atoms with E-state index in [1.165, 1.54) is 0 Å². The summed E-state index contributed by atoms with van der Waals surface area (Å²) < 4.78 is 0.911. The van der Waals surface area contributed by atoms with Gasteiger partial charge in [-0.15, -0.1) is 0 Å². The van der Waals surface area contributed by atoms with Crippen LogP contribution in [0.1, 0.15) is 24.9 Å². The van der Waals surface area contributed by atoms with E-state index >= 15 is 0 Å². The minimum Gasteiger partial charge on any atom is -0.506 e. The van der Waals surface area contributed by atoms with Gasteiger partial charge in [0.15, 0.2) is 0 Å². The summed E-state index contributed by atoms with van der Waals surface area (Å²) in [6.07, 6.45) is 0.959. The van der Waals surface area contributed by atoms with Crippen molar-refractivity contribution in [1.82, 2.24) is 10.2 Å². The summed E-state index contributed by atoms with van der Waals surface area (Å²) in [7, 11) is 0. The summed E-state index contributed by atoms with van der Waals surface area (Å²) in [5.74, 6) is 0.213. The standard InChI is InChI=1S/C13H18BrClN2O/c1-2-12(17-5-3-16-4-6-17)10-7-9(14)8-11(15)13(10)18/h7-8,12,16,18H,2-6H2,1H3/t12-/m1/s1. The molecule has 1 heterocycles. The van der Waals surface area contributed by atoms with Crippen LogP contribution in [-0.4, -0.2) is 36.2 Å². The maximum absolute atomic E-state index is 10.2. The molecule has 1 aromatic rings. The minimum absolute atomic E-state index is 0.213. The molecule has 0 bridgehead atoms. The molecule has 1 fully saturated rings. The molecule has 18 heavy (non-hydrogen) atoms. The first-order chi connectivity index (χ1) is 8.63. The Morgan fingerprint density at radius 1 is 1.44 bits per heavy atom. The van der Waals surface area contributed by atoms with Crippen LogP contribution in [0.4, 0.5) is 0 Å². The molecule has 5 heteroatoms. The number of nitrogens with zero attached hydrogens (tertiary/aromatic N) is 1. The molecule has 0 aromatic heterocycles. The van der Waals surface area contributed by atoms with Gasteiger partial charge in [-0.05, 0) is 18.6 Å². The zero-order valence-electron chi connectivity index (χ0n) is 10.4. The average Bonchev–Trinajstić information content (AvgIpc) is 2.37. The fourth-order valence-electron chi connectivity index (χ4n) is 2.51. The highest BCUT2D eigenvalue weighted by Gasteiger charge is 2.24. The van der Waals surface area contributed by atoms with E-state index in [2.05, 4.69) is 33.1 Å². The Morgan fingerprint density at radius 2 is 2.11 bits per heavy atom. The number of rotatable bonds is 3. The van der Waals surface area contributed by atoms with Crippen molar-refractivity contribution in [3.63, 3.8) is 0 Å². The van der Waals surface area contributed by atoms with Gasteiger partial charge < -0.3 is 10.4 Å².